The number of rotatable bonds is 9. The van der Waals surface area contributed by atoms with Crippen LogP contribution in [-0.4, -0.2) is 18.5 Å². The Morgan fingerprint density at radius 2 is 1.85 bits per heavy atom. The Labute approximate surface area is 167 Å². The summed E-state index contributed by atoms with van der Waals surface area (Å²) in [4.78, 5) is 24.7. The van der Waals surface area contributed by atoms with E-state index in [2.05, 4.69) is 28.2 Å². The highest BCUT2D eigenvalue weighted by atomic mass is 79.9. The molecule has 0 spiro atoms. The summed E-state index contributed by atoms with van der Waals surface area (Å²) in [5, 5.41) is 5.35. The van der Waals surface area contributed by atoms with E-state index in [1.54, 1.807) is 6.92 Å². The van der Waals surface area contributed by atoms with E-state index in [1.165, 1.54) is 11.3 Å². The number of halogens is 1. The largest absolute Gasteiger partial charge is 0.462 e. The van der Waals surface area contributed by atoms with E-state index in [1.807, 2.05) is 29.6 Å². The van der Waals surface area contributed by atoms with Crippen molar-refractivity contribution in [3.63, 3.8) is 0 Å². The molecule has 0 aliphatic heterocycles. The molecule has 0 aliphatic rings. The van der Waals surface area contributed by atoms with E-state index in [-0.39, 0.29) is 5.91 Å². The summed E-state index contributed by atoms with van der Waals surface area (Å²) >= 11 is 4.77. The molecule has 1 aromatic heterocycles. The van der Waals surface area contributed by atoms with Gasteiger partial charge in [-0.1, -0.05) is 54.2 Å². The molecule has 0 aliphatic carbocycles. The van der Waals surface area contributed by atoms with Crippen LogP contribution in [0.2, 0.25) is 0 Å². The second kappa shape index (κ2) is 10.5. The fraction of sp³-hybridized carbons (Fsp3) is 0.400. The molecule has 1 N–H and O–H groups in total. The van der Waals surface area contributed by atoms with Gasteiger partial charge in [-0.15, -0.1) is 11.3 Å². The zero-order chi connectivity index (χ0) is 18.9. The van der Waals surface area contributed by atoms with E-state index in [0.717, 1.165) is 41.3 Å². The minimum Gasteiger partial charge on any atom is -0.462 e. The first-order valence-corrected chi connectivity index (χ1v) is 10.6. The SMILES string of the molecule is CCCCCCC(=O)Nc1scc(-c2ccc(Br)cc2)c1C(=O)OCC. The Hall–Kier alpha value is -1.66. The maximum absolute atomic E-state index is 12.5. The summed E-state index contributed by atoms with van der Waals surface area (Å²) in [5.41, 5.74) is 2.12. The van der Waals surface area contributed by atoms with E-state index < -0.39 is 5.97 Å². The van der Waals surface area contributed by atoms with Crippen LogP contribution in [0.15, 0.2) is 34.1 Å². The van der Waals surface area contributed by atoms with E-state index >= 15 is 0 Å². The number of hydrogen-bond donors (Lipinski definition) is 1. The van der Waals surface area contributed by atoms with Gasteiger partial charge in [0.15, 0.2) is 0 Å². The van der Waals surface area contributed by atoms with Crippen molar-refractivity contribution >= 4 is 44.1 Å². The van der Waals surface area contributed by atoms with Crippen LogP contribution in [0.25, 0.3) is 11.1 Å². The van der Waals surface area contributed by atoms with Crippen LogP contribution in [0.5, 0.6) is 0 Å². The van der Waals surface area contributed by atoms with E-state index in [0.29, 0.717) is 23.6 Å². The maximum atomic E-state index is 12.5. The van der Waals surface area contributed by atoms with Gasteiger partial charge in [0.1, 0.15) is 10.6 Å². The van der Waals surface area contributed by atoms with Crippen LogP contribution in [0.1, 0.15) is 56.3 Å². The van der Waals surface area contributed by atoms with Gasteiger partial charge in [0.05, 0.1) is 6.61 Å². The predicted molar refractivity (Wildman–Crippen MR) is 111 cm³/mol. The first-order valence-electron chi connectivity index (χ1n) is 8.91. The lowest BCUT2D eigenvalue weighted by Gasteiger charge is -2.09. The molecule has 1 heterocycles. The fourth-order valence-electron chi connectivity index (χ4n) is 2.60. The predicted octanol–water partition coefficient (Wildman–Crippen LogP) is 6.26. The summed E-state index contributed by atoms with van der Waals surface area (Å²) in [5.74, 6) is -0.469. The third-order valence-electron chi connectivity index (χ3n) is 3.94. The summed E-state index contributed by atoms with van der Waals surface area (Å²) in [6.07, 6.45) is 4.64. The van der Waals surface area contributed by atoms with Crippen molar-refractivity contribution < 1.29 is 14.3 Å². The van der Waals surface area contributed by atoms with Crippen molar-refractivity contribution in [2.45, 2.75) is 46.0 Å². The van der Waals surface area contributed by atoms with Gasteiger partial charge < -0.3 is 10.1 Å². The number of unbranched alkanes of at least 4 members (excludes halogenated alkanes) is 3. The third-order valence-corrected chi connectivity index (χ3v) is 5.36. The number of thiophene rings is 1. The van der Waals surface area contributed by atoms with Gasteiger partial charge in [-0.3, -0.25) is 4.79 Å². The van der Waals surface area contributed by atoms with Gasteiger partial charge in [-0.2, -0.15) is 0 Å². The third kappa shape index (κ3) is 5.68. The Kier molecular flexibility index (Phi) is 8.32. The van der Waals surface area contributed by atoms with Crippen molar-refractivity contribution in [1.29, 1.82) is 0 Å². The smallest absolute Gasteiger partial charge is 0.341 e. The van der Waals surface area contributed by atoms with E-state index in [9.17, 15) is 9.59 Å². The molecule has 2 aromatic rings. The molecule has 140 valence electrons. The molecular weight excluding hydrogens is 414 g/mol. The van der Waals surface area contributed by atoms with Gasteiger partial charge in [0.25, 0.3) is 0 Å². The fourth-order valence-corrected chi connectivity index (χ4v) is 3.84. The van der Waals surface area contributed by atoms with Crippen LogP contribution in [0.4, 0.5) is 5.00 Å². The second-order valence-electron chi connectivity index (χ2n) is 5.94. The van der Waals surface area contributed by atoms with Gasteiger partial charge in [-0.05, 0) is 31.0 Å². The number of nitrogens with one attached hydrogen (secondary N) is 1. The molecular formula is C20H24BrNO3S. The molecule has 0 bridgehead atoms. The van der Waals surface area contributed by atoms with Crippen molar-refractivity contribution in [3.8, 4) is 11.1 Å². The molecule has 4 nitrogen and oxygen atoms in total. The molecule has 1 amide bonds. The summed E-state index contributed by atoms with van der Waals surface area (Å²) in [7, 11) is 0. The van der Waals surface area contributed by atoms with Crippen LogP contribution in [0, 0.1) is 0 Å². The minimum absolute atomic E-state index is 0.0594. The number of ether oxygens (including phenoxy) is 1. The Morgan fingerprint density at radius 3 is 2.50 bits per heavy atom. The van der Waals surface area contributed by atoms with Crippen molar-refractivity contribution in [2.24, 2.45) is 0 Å². The number of anilines is 1. The molecule has 6 heteroatoms. The van der Waals surface area contributed by atoms with Crippen LogP contribution >= 0.6 is 27.3 Å². The lowest BCUT2D eigenvalue weighted by Crippen LogP contribution is -2.14. The zero-order valence-corrected chi connectivity index (χ0v) is 17.5. The topological polar surface area (TPSA) is 55.4 Å². The highest BCUT2D eigenvalue weighted by Crippen LogP contribution is 2.36. The Bertz CT molecular complexity index is 740. The first-order chi connectivity index (χ1) is 12.6. The highest BCUT2D eigenvalue weighted by molar-refractivity contribution is 9.10. The van der Waals surface area contributed by atoms with Crippen LogP contribution < -0.4 is 5.32 Å². The average molecular weight is 438 g/mol. The summed E-state index contributed by atoms with van der Waals surface area (Å²) in [6, 6.07) is 7.72. The molecule has 0 radical (unpaired) electrons. The standard InChI is InChI=1S/C20H24BrNO3S/c1-3-5-6-7-8-17(23)22-19-18(20(24)25-4-2)16(13-26-19)14-9-11-15(21)12-10-14/h9-13H,3-8H2,1-2H3,(H,22,23). The quantitative estimate of drug-likeness (QED) is 0.371. The number of carbonyl (C=O) groups excluding carboxylic acids is 2. The normalized spacial score (nSPS) is 10.6. The lowest BCUT2D eigenvalue weighted by atomic mass is 10.0. The van der Waals surface area contributed by atoms with Gasteiger partial charge in [-0.25, -0.2) is 4.79 Å². The molecule has 1 aromatic carbocycles. The van der Waals surface area contributed by atoms with Gasteiger partial charge in [0.2, 0.25) is 5.91 Å². The van der Waals surface area contributed by atoms with Gasteiger partial charge >= 0.3 is 5.97 Å². The number of carbonyl (C=O) groups is 2. The Balaban J connectivity index is 2.21. The van der Waals surface area contributed by atoms with Crippen LogP contribution in [0.3, 0.4) is 0 Å². The summed E-state index contributed by atoms with van der Waals surface area (Å²) < 4.78 is 6.18. The maximum Gasteiger partial charge on any atom is 0.341 e. The molecule has 0 atom stereocenters. The van der Waals surface area contributed by atoms with Crippen LogP contribution in [-0.2, 0) is 9.53 Å². The molecule has 0 saturated heterocycles. The zero-order valence-electron chi connectivity index (χ0n) is 15.1. The van der Waals surface area contributed by atoms with E-state index in [4.69, 9.17) is 4.74 Å². The molecule has 2 rings (SSSR count). The lowest BCUT2D eigenvalue weighted by molar-refractivity contribution is -0.116. The average Bonchev–Trinajstić information content (AvgIpc) is 3.03. The first kappa shape index (κ1) is 20.6. The summed E-state index contributed by atoms with van der Waals surface area (Å²) in [6.45, 7) is 4.20. The molecule has 0 fully saturated rings. The van der Waals surface area contributed by atoms with Gasteiger partial charge in [0, 0.05) is 21.8 Å². The monoisotopic (exact) mass is 437 g/mol. The molecule has 0 saturated carbocycles. The molecule has 26 heavy (non-hydrogen) atoms. The number of amides is 1. The number of esters is 1. The Morgan fingerprint density at radius 1 is 1.12 bits per heavy atom. The molecule has 0 unspecified atom stereocenters. The van der Waals surface area contributed by atoms with Crippen molar-refractivity contribution in [2.75, 3.05) is 11.9 Å². The number of benzene rings is 1. The van der Waals surface area contributed by atoms with Crippen molar-refractivity contribution in [1.82, 2.24) is 0 Å². The number of hydrogen-bond acceptors (Lipinski definition) is 4. The second-order valence-corrected chi connectivity index (χ2v) is 7.74. The highest BCUT2D eigenvalue weighted by Gasteiger charge is 2.22. The van der Waals surface area contributed by atoms with Crippen molar-refractivity contribution in [3.05, 3.63) is 39.7 Å². The minimum atomic E-state index is -0.409.